The van der Waals surface area contributed by atoms with Crippen molar-refractivity contribution in [2.24, 2.45) is 5.73 Å². The SMILES string of the molecule is C=CC(=O)OC(C)CC(C)(C)N.Cl. The van der Waals surface area contributed by atoms with Crippen molar-refractivity contribution in [2.45, 2.75) is 38.8 Å². The second-order valence-electron chi connectivity index (χ2n) is 3.64. The molecular formula is C9H18ClNO2. The molecule has 0 bridgehead atoms. The van der Waals surface area contributed by atoms with Gasteiger partial charge in [-0.05, 0) is 20.8 Å². The number of esters is 1. The Balaban J connectivity index is 0. The van der Waals surface area contributed by atoms with E-state index in [0.717, 1.165) is 6.08 Å². The number of hydrogen-bond acceptors (Lipinski definition) is 3. The summed E-state index contributed by atoms with van der Waals surface area (Å²) in [7, 11) is 0. The molecule has 0 aliphatic carbocycles. The highest BCUT2D eigenvalue weighted by molar-refractivity contribution is 5.85. The van der Waals surface area contributed by atoms with Crippen LogP contribution in [0.25, 0.3) is 0 Å². The average molecular weight is 208 g/mol. The number of hydrogen-bond donors (Lipinski definition) is 1. The Kier molecular flexibility index (Phi) is 6.90. The molecule has 0 saturated heterocycles. The van der Waals surface area contributed by atoms with E-state index in [9.17, 15) is 4.79 Å². The molecule has 78 valence electrons. The molecule has 0 amide bonds. The van der Waals surface area contributed by atoms with Gasteiger partial charge in [-0.2, -0.15) is 0 Å². The van der Waals surface area contributed by atoms with Gasteiger partial charge >= 0.3 is 5.97 Å². The molecule has 0 heterocycles. The molecule has 3 nitrogen and oxygen atoms in total. The predicted molar refractivity (Wildman–Crippen MR) is 55.9 cm³/mol. The van der Waals surface area contributed by atoms with Crippen LogP contribution in [0.15, 0.2) is 12.7 Å². The zero-order valence-electron chi connectivity index (χ0n) is 8.37. The normalized spacial score (nSPS) is 12.6. The Morgan fingerprint density at radius 1 is 1.69 bits per heavy atom. The van der Waals surface area contributed by atoms with Crippen LogP contribution in [0.2, 0.25) is 0 Å². The molecule has 4 heteroatoms. The average Bonchev–Trinajstić information content (AvgIpc) is 1.82. The minimum Gasteiger partial charge on any atom is -0.459 e. The molecule has 0 aromatic rings. The molecule has 1 unspecified atom stereocenters. The predicted octanol–water partition coefficient (Wildman–Crippen LogP) is 1.65. The zero-order chi connectivity index (χ0) is 9.78. The molecule has 0 radical (unpaired) electrons. The van der Waals surface area contributed by atoms with Crippen LogP contribution in [-0.4, -0.2) is 17.6 Å². The molecule has 0 aromatic heterocycles. The number of carbonyl (C=O) groups is 1. The van der Waals surface area contributed by atoms with Gasteiger partial charge in [-0.1, -0.05) is 6.58 Å². The maximum Gasteiger partial charge on any atom is 0.330 e. The van der Waals surface area contributed by atoms with Crippen molar-refractivity contribution >= 4 is 18.4 Å². The third kappa shape index (κ3) is 9.37. The van der Waals surface area contributed by atoms with Crippen LogP contribution in [0.4, 0.5) is 0 Å². The lowest BCUT2D eigenvalue weighted by molar-refractivity contribution is -0.142. The van der Waals surface area contributed by atoms with Crippen molar-refractivity contribution in [3.8, 4) is 0 Å². The van der Waals surface area contributed by atoms with Gasteiger partial charge in [0.25, 0.3) is 0 Å². The van der Waals surface area contributed by atoms with Crippen LogP contribution in [0.3, 0.4) is 0 Å². The van der Waals surface area contributed by atoms with Gasteiger partial charge in [0.05, 0.1) is 0 Å². The molecule has 0 aromatic carbocycles. The first-order chi connectivity index (χ1) is 5.35. The second kappa shape index (κ2) is 6.00. The highest BCUT2D eigenvalue weighted by atomic mass is 35.5. The molecular weight excluding hydrogens is 190 g/mol. The van der Waals surface area contributed by atoms with Crippen LogP contribution in [0, 0.1) is 0 Å². The summed E-state index contributed by atoms with van der Waals surface area (Å²) in [6.45, 7) is 8.91. The smallest absolute Gasteiger partial charge is 0.330 e. The molecule has 0 spiro atoms. The lowest BCUT2D eigenvalue weighted by Gasteiger charge is -2.22. The Morgan fingerprint density at radius 3 is 2.46 bits per heavy atom. The first-order valence-corrected chi connectivity index (χ1v) is 3.97. The maximum atomic E-state index is 10.7. The minimum atomic E-state index is -0.397. The number of nitrogens with two attached hydrogens (primary N) is 1. The largest absolute Gasteiger partial charge is 0.459 e. The fourth-order valence-electron chi connectivity index (χ4n) is 1.03. The lowest BCUT2D eigenvalue weighted by Crippen LogP contribution is -2.36. The summed E-state index contributed by atoms with van der Waals surface area (Å²) < 4.78 is 4.94. The minimum absolute atomic E-state index is 0. The molecule has 0 saturated carbocycles. The zero-order valence-corrected chi connectivity index (χ0v) is 9.19. The molecule has 0 aliphatic heterocycles. The Morgan fingerprint density at radius 2 is 2.15 bits per heavy atom. The molecule has 13 heavy (non-hydrogen) atoms. The van der Waals surface area contributed by atoms with Gasteiger partial charge in [0, 0.05) is 18.0 Å². The van der Waals surface area contributed by atoms with E-state index in [2.05, 4.69) is 6.58 Å². The van der Waals surface area contributed by atoms with Gasteiger partial charge in [-0.15, -0.1) is 12.4 Å². The molecule has 0 rings (SSSR count). The standard InChI is InChI=1S/C9H17NO2.ClH/c1-5-8(11)12-7(2)6-9(3,4)10;/h5,7H,1,6,10H2,2-4H3;1H. The summed E-state index contributed by atoms with van der Waals surface area (Å²) in [4.78, 5) is 10.7. The van der Waals surface area contributed by atoms with Gasteiger partial charge in [0.1, 0.15) is 6.10 Å². The third-order valence-electron chi connectivity index (χ3n) is 1.30. The van der Waals surface area contributed by atoms with Crippen LogP contribution < -0.4 is 5.73 Å². The second-order valence-corrected chi connectivity index (χ2v) is 3.64. The van der Waals surface area contributed by atoms with Crippen molar-refractivity contribution in [2.75, 3.05) is 0 Å². The maximum absolute atomic E-state index is 10.7. The number of carbonyl (C=O) groups excluding carboxylic acids is 1. The van der Waals surface area contributed by atoms with Gasteiger partial charge in [0.15, 0.2) is 0 Å². The van der Waals surface area contributed by atoms with Gasteiger partial charge in [-0.25, -0.2) is 4.79 Å². The van der Waals surface area contributed by atoms with Gasteiger partial charge in [-0.3, -0.25) is 0 Å². The van der Waals surface area contributed by atoms with E-state index in [0.29, 0.717) is 6.42 Å². The van der Waals surface area contributed by atoms with E-state index in [4.69, 9.17) is 10.5 Å². The Labute approximate surface area is 85.7 Å². The fraction of sp³-hybridized carbons (Fsp3) is 0.667. The van der Waals surface area contributed by atoms with Crippen LogP contribution in [0.5, 0.6) is 0 Å². The van der Waals surface area contributed by atoms with E-state index < -0.39 is 5.97 Å². The third-order valence-corrected chi connectivity index (χ3v) is 1.30. The van der Waals surface area contributed by atoms with Crippen LogP contribution in [-0.2, 0) is 9.53 Å². The van der Waals surface area contributed by atoms with E-state index in [-0.39, 0.29) is 24.0 Å². The fourth-order valence-corrected chi connectivity index (χ4v) is 1.03. The summed E-state index contributed by atoms with van der Waals surface area (Å²) in [6.07, 6.45) is 1.64. The van der Waals surface area contributed by atoms with E-state index in [1.54, 1.807) is 0 Å². The van der Waals surface area contributed by atoms with Crippen LogP contribution in [0.1, 0.15) is 27.2 Å². The molecule has 2 N–H and O–H groups in total. The quantitative estimate of drug-likeness (QED) is 0.564. The summed E-state index contributed by atoms with van der Waals surface area (Å²) in [5.41, 5.74) is 5.43. The van der Waals surface area contributed by atoms with Crippen molar-refractivity contribution in [1.29, 1.82) is 0 Å². The lowest BCUT2D eigenvalue weighted by atomic mass is 9.99. The highest BCUT2D eigenvalue weighted by Crippen LogP contribution is 2.10. The number of halogens is 1. The van der Waals surface area contributed by atoms with Gasteiger partial charge in [0.2, 0.25) is 0 Å². The number of rotatable bonds is 4. The van der Waals surface area contributed by atoms with Gasteiger partial charge < -0.3 is 10.5 Å². The van der Waals surface area contributed by atoms with E-state index in [1.165, 1.54) is 0 Å². The summed E-state index contributed by atoms with van der Waals surface area (Å²) in [5.74, 6) is -0.397. The Bertz CT molecular complexity index is 175. The molecule has 0 fully saturated rings. The summed E-state index contributed by atoms with van der Waals surface area (Å²) in [5, 5.41) is 0. The first kappa shape index (κ1) is 15.0. The van der Waals surface area contributed by atoms with E-state index in [1.807, 2.05) is 20.8 Å². The monoisotopic (exact) mass is 207 g/mol. The topological polar surface area (TPSA) is 52.3 Å². The molecule has 1 atom stereocenters. The highest BCUT2D eigenvalue weighted by Gasteiger charge is 2.17. The van der Waals surface area contributed by atoms with E-state index >= 15 is 0 Å². The van der Waals surface area contributed by atoms with Crippen LogP contribution >= 0.6 is 12.4 Å². The molecule has 0 aliphatic rings. The summed E-state index contributed by atoms with van der Waals surface area (Å²) >= 11 is 0. The van der Waals surface area contributed by atoms with Crippen molar-refractivity contribution < 1.29 is 9.53 Å². The first-order valence-electron chi connectivity index (χ1n) is 3.97. The number of ether oxygens (including phenoxy) is 1. The van der Waals surface area contributed by atoms with Crippen molar-refractivity contribution in [3.63, 3.8) is 0 Å². The summed E-state index contributed by atoms with van der Waals surface area (Å²) in [6, 6.07) is 0. The van der Waals surface area contributed by atoms with Crippen molar-refractivity contribution in [3.05, 3.63) is 12.7 Å². The Hall–Kier alpha value is -0.540. The van der Waals surface area contributed by atoms with Crippen molar-refractivity contribution in [1.82, 2.24) is 0 Å².